The molecule has 1 rings (SSSR count). The first-order chi connectivity index (χ1) is 9.21. The minimum atomic E-state index is -0.436. The van der Waals surface area contributed by atoms with Crippen LogP contribution in [0.2, 0.25) is 0 Å². The summed E-state index contributed by atoms with van der Waals surface area (Å²) in [4.78, 5) is 13.8. The third-order valence-electron chi connectivity index (χ3n) is 3.60. The number of amides is 1. The van der Waals surface area contributed by atoms with Gasteiger partial charge in [-0.3, -0.25) is 0 Å². The fourth-order valence-electron chi connectivity index (χ4n) is 2.22. The van der Waals surface area contributed by atoms with Gasteiger partial charge in [0.25, 0.3) is 0 Å². The fraction of sp³-hybridized carbons (Fsp3) is 0.933. The van der Waals surface area contributed by atoms with E-state index in [9.17, 15) is 4.79 Å². The lowest BCUT2D eigenvalue weighted by Gasteiger charge is -2.42. The van der Waals surface area contributed by atoms with Crippen molar-refractivity contribution in [3.63, 3.8) is 0 Å². The Hall–Kier alpha value is -0.290. The quantitative estimate of drug-likeness (QED) is 0.721. The molecule has 4 nitrogen and oxygen atoms in total. The van der Waals surface area contributed by atoms with E-state index in [1.165, 1.54) is 0 Å². The van der Waals surface area contributed by atoms with Crippen LogP contribution in [0.15, 0.2) is 0 Å². The van der Waals surface area contributed by atoms with E-state index < -0.39 is 5.60 Å². The average Bonchev–Trinajstić information content (AvgIpc) is 2.37. The van der Waals surface area contributed by atoms with Crippen molar-refractivity contribution in [3.8, 4) is 0 Å². The van der Waals surface area contributed by atoms with Crippen molar-refractivity contribution in [1.29, 1.82) is 0 Å². The molecule has 1 aliphatic heterocycles. The molecule has 1 unspecified atom stereocenters. The van der Waals surface area contributed by atoms with E-state index in [-0.39, 0.29) is 17.8 Å². The van der Waals surface area contributed by atoms with Gasteiger partial charge in [-0.2, -0.15) is 0 Å². The minimum Gasteiger partial charge on any atom is -0.444 e. The first kappa shape index (κ1) is 17.8. The van der Waals surface area contributed by atoms with Crippen LogP contribution in [0, 0.1) is 0 Å². The normalized spacial score (nSPS) is 20.6. The van der Waals surface area contributed by atoms with Crippen LogP contribution in [-0.2, 0) is 9.47 Å². The second-order valence-electron chi connectivity index (χ2n) is 6.62. The molecule has 0 radical (unpaired) electrons. The standard InChI is InChI=1S/C15H28BrNO3/c1-6-12(2)19-15(11-16)7-9-17(10-8-15)13(18)20-14(3,4)5/h12H,6-11H2,1-5H3. The number of halogens is 1. The van der Waals surface area contributed by atoms with Crippen LogP contribution in [0.25, 0.3) is 0 Å². The van der Waals surface area contributed by atoms with Gasteiger partial charge in [-0.25, -0.2) is 4.79 Å². The number of carbonyl (C=O) groups is 1. The Morgan fingerprint density at radius 3 is 2.30 bits per heavy atom. The number of nitrogens with zero attached hydrogens (tertiary/aromatic N) is 1. The van der Waals surface area contributed by atoms with Gasteiger partial charge in [0.15, 0.2) is 0 Å². The van der Waals surface area contributed by atoms with Crippen LogP contribution in [0.1, 0.15) is 53.9 Å². The van der Waals surface area contributed by atoms with Crippen molar-refractivity contribution in [1.82, 2.24) is 4.90 Å². The van der Waals surface area contributed by atoms with Crippen molar-refractivity contribution < 1.29 is 14.3 Å². The molecule has 0 aliphatic carbocycles. The van der Waals surface area contributed by atoms with Gasteiger partial charge in [0.05, 0.1) is 11.7 Å². The van der Waals surface area contributed by atoms with E-state index in [1.54, 1.807) is 4.90 Å². The summed E-state index contributed by atoms with van der Waals surface area (Å²) in [7, 11) is 0. The van der Waals surface area contributed by atoms with E-state index in [1.807, 2.05) is 20.8 Å². The van der Waals surface area contributed by atoms with Crippen molar-refractivity contribution in [2.24, 2.45) is 0 Å². The van der Waals surface area contributed by atoms with Crippen LogP contribution in [0.4, 0.5) is 4.79 Å². The highest BCUT2D eigenvalue weighted by atomic mass is 79.9. The number of piperidine rings is 1. The maximum absolute atomic E-state index is 12.0. The molecule has 0 saturated carbocycles. The van der Waals surface area contributed by atoms with Gasteiger partial charge in [0.1, 0.15) is 5.60 Å². The molecule has 1 aliphatic rings. The first-order valence-corrected chi connectivity index (χ1v) is 8.55. The Labute approximate surface area is 131 Å². The largest absolute Gasteiger partial charge is 0.444 e. The van der Waals surface area contributed by atoms with Crippen molar-refractivity contribution >= 4 is 22.0 Å². The van der Waals surface area contributed by atoms with Crippen LogP contribution in [0.3, 0.4) is 0 Å². The minimum absolute atomic E-state index is 0.145. The monoisotopic (exact) mass is 349 g/mol. The Bertz CT molecular complexity index is 320. The number of likely N-dealkylation sites (tertiary alicyclic amines) is 1. The third kappa shape index (κ3) is 5.24. The highest BCUT2D eigenvalue weighted by Gasteiger charge is 2.38. The zero-order chi connectivity index (χ0) is 15.4. The van der Waals surface area contributed by atoms with Crippen LogP contribution in [0.5, 0.6) is 0 Å². The summed E-state index contributed by atoms with van der Waals surface area (Å²) in [5.41, 5.74) is -0.581. The molecular weight excluding hydrogens is 322 g/mol. The van der Waals surface area contributed by atoms with Gasteiger partial charge < -0.3 is 14.4 Å². The molecule has 0 spiro atoms. The van der Waals surface area contributed by atoms with Gasteiger partial charge in [0, 0.05) is 18.4 Å². The Balaban J connectivity index is 2.54. The fourth-order valence-corrected chi connectivity index (χ4v) is 2.91. The highest BCUT2D eigenvalue weighted by Crippen LogP contribution is 2.31. The molecule has 1 fully saturated rings. The summed E-state index contributed by atoms with van der Waals surface area (Å²) in [6.07, 6.45) is 2.73. The Kier molecular flexibility index (Phi) is 6.32. The number of ether oxygens (including phenoxy) is 2. The second-order valence-corrected chi connectivity index (χ2v) is 7.18. The molecule has 1 heterocycles. The predicted octanol–water partition coefficient (Wildman–Crippen LogP) is 3.97. The molecular formula is C15H28BrNO3. The summed E-state index contributed by atoms with van der Waals surface area (Å²) in [6.45, 7) is 11.3. The Morgan fingerprint density at radius 1 is 1.35 bits per heavy atom. The molecule has 1 amide bonds. The van der Waals surface area contributed by atoms with Crippen LogP contribution >= 0.6 is 15.9 Å². The number of hydrogen-bond acceptors (Lipinski definition) is 3. The van der Waals surface area contributed by atoms with Gasteiger partial charge in [0.2, 0.25) is 0 Å². The molecule has 0 aromatic carbocycles. The summed E-state index contributed by atoms with van der Waals surface area (Å²) < 4.78 is 11.6. The van der Waals surface area contributed by atoms with E-state index in [0.29, 0.717) is 13.1 Å². The van der Waals surface area contributed by atoms with Crippen molar-refractivity contribution in [2.75, 3.05) is 18.4 Å². The topological polar surface area (TPSA) is 38.8 Å². The molecule has 118 valence electrons. The van der Waals surface area contributed by atoms with E-state index in [0.717, 1.165) is 24.6 Å². The molecule has 5 heteroatoms. The van der Waals surface area contributed by atoms with Crippen molar-refractivity contribution in [2.45, 2.75) is 71.2 Å². The zero-order valence-electron chi connectivity index (χ0n) is 13.4. The number of hydrogen-bond donors (Lipinski definition) is 0. The lowest BCUT2D eigenvalue weighted by molar-refractivity contribution is -0.102. The highest BCUT2D eigenvalue weighted by molar-refractivity contribution is 9.09. The lowest BCUT2D eigenvalue weighted by atomic mass is 9.93. The van der Waals surface area contributed by atoms with Gasteiger partial charge in [-0.1, -0.05) is 22.9 Å². The van der Waals surface area contributed by atoms with E-state index in [4.69, 9.17) is 9.47 Å². The van der Waals surface area contributed by atoms with Crippen LogP contribution in [-0.4, -0.2) is 46.7 Å². The van der Waals surface area contributed by atoms with Crippen LogP contribution < -0.4 is 0 Å². The average molecular weight is 350 g/mol. The zero-order valence-corrected chi connectivity index (χ0v) is 15.0. The SMILES string of the molecule is CCC(C)OC1(CBr)CCN(C(=O)OC(C)(C)C)CC1. The Morgan fingerprint density at radius 2 is 1.90 bits per heavy atom. The summed E-state index contributed by atoms with van der Waals surface area (Å²) in [5, 5.41) is 0.812. The number of carbonyl (C=O) groups excluding carboxylic acids is 1. The summed E-state index contributed by atoms with van der Waals surface area (Å²) in [6, 6.07) is 0. The number of alkyl halides is 1. The molecule has 20 heavy (non-hydrogen) atoms. The van der Waals surface area contributed by atoms with Gasteiger partial charge in [-0.15, -0.1) is 0 Å². The third-order valence-corrected chi connectivity index (χ3v) is 4.62. The second kappa shape index (κ2) is 7.12. The lowest BCUT2D eigenvalue weighted by Crippen LogP contribution is -2.51. The van der Waals surface area contributed by atoms with Gasteiger partial charge in [-0.05, 0) is 47.0 Å². The molecule has 1 atom stereocenters. The maximum Gasteiger partial charge on any atom is 0.410 e. The molecule has 0 aromatic rings. The first-order valence-electron chi connectivity index (χ1n) is 7.43. The predicted molar refractivity (Wildman–Crippen MR) is 84.4 cm³/mol. The molecule has 1 saturated heterocycles. The molecule has 0 N–H and O–H groups in total. The summed E-state index contributed by atoms with van der Waals surface area (Å²) >= 11 is 3.57. The molecule has 0 aromatic heterocycles. The number of rotatable bonds is 4. The van der Waals surface area contributed by atoms with E-state index >= 15 is 0 Å². The van der Waals surface area contributed by atoms with Gasteiger partial charge >= 0.3 is 6.09 Å². The smallest absolute Gasteiger partial charge is 0.410 e. The molecule has 0 bridgehead atoms. The van der Waals surface area contributed by atoms with E-state index in [2.05, 4.69) is 29.8 Å². The maximum atomic E-state index is 12.0. The summed E-state index contributed by atoms with van der Waals surface area (Å²) in [5.74, 6) is 0. The van der Waals surface area contributed by atoms with Crippen molar-refractivity contribution in [3.05, 3.63) is 0 Å².